The minimum absolute atomic E-state index is 0.205. The van der Waals surface area contributed by atoms with Crippen LogP contribution in [0.3, 0.4) is 0 Å². The van der Waals surface area contributed by atoms with Crippen molar-refractivity contribution in [2.75, 3.05) is 36.9 Å². The Morgan fingerprint density at radius 1 is 0.943 bits per heavy atom. The molecule has 0 radical (unpaired) electrons. The first-order valence-electron chi connectivity index (χ1n) is 11.7. The van der Waals surface area contributed by atoms with E-state index in [-0.39, 0.29) is 4.90 Å². The second-order valence-corrected chi connectivity index (χ2v) is 10.7. The molecule has 1 heterocycles. The summed E-state index contributed by atoms with van der Waals surface area (Å²) in [5, 5.41) is 3.52. The summed E-state index contributed by atoms with van der Waals surface area (Å²) in [6.07, 6.45) is 0. The molecule has 35 heavy (non-hydrogen) atoms. The van der Waals surface area contributed by atoms with Crippen LogP contribution in [0, 0.1) is 0 Å². The maximum atomic E-state index is 13.2. The fraction of sp³-hybridized carbons (Fsp3) is 0.333. The number of hydrogen-bond donors (Lipinski definition) is 2. The average Bonchev–Trinajstić information content (AvgIpc) is 2.84. The Kier molecular flexibility index (Phi) is 7.64. The van der Waals surface area contributed by atoms with E-state index in [4.69, 9.17) is 9.47 Å². The summed E-state index contributed by atoms with van der Waals surface area (Å²) in [5.41, 5.74) is 4.38. The van der Waals surface area contributed by atoms with E-state index in [0.29, 0.717) is 30.1 Å². The van der Waals surface area contributed by atoms with Gasteiger partial charge in [-0.25, -0.2) is 8.42 Å². The van der Waals surface area contributed by atoms with E-state index >= 15 is 0 Å². The second kappa shape index (κ2) is 10.7. The Morgan fingerprint density at radius 3 is 2.31 bits per heavy atom. The van der Waals surface area contributed by atoms with Gasteiger partial charge in [-0.3, -0.25) is 4.72 Å². The minimum atomic E-state index is -3.76. The van der Waals surface area contributed by atoms with Gasteiger partial charge in [-0.1, -0.05) is 30.3 Å². The van der Waals surface area contributed by atoms with E-state index < -0.39 is 10.0 Å². The van der Waals surface area contributed by atoms with Gasteiger partial charge in [0, 0.05) is 32.3 Å². The first-order valence-corrected chi connectivity index (χ1v) is 13.2. The van der Waals surface area contributed by atoms with Gasteiger partial charge in [0.2, 0.25) is 0 Å². The zero-order valence-corrected chi connectivity index (χ0v) is 21.4. The quantitative estimate of drug-likeness (QED) is 0.479. The van der Waals surface area contributed by atoms with Gasteiger partial charge in [-0.05, 0) is 66.9 Å². The summed E-state index contributed by atoms with van der Waals surface area (Å²) in [4.78, 5) is 2.44. The van der Waals surface area contributed by atoms with Crippen LogP contribution in [-0.2, 0) is 21.4 Å². The Labute approximate surface area is 208 Å². The summed E-state index contributed by atoms with van der Waals surface area (Å²) in [7, 11) is -0.468. The lowest BCUT2D eigenvalue weighted by atomic mass is 10.0. The Hall–Kier alpha value is -3.07. The molecule has 3 aromatic rings. The number of methoxy groups -OCH3 is 2. The smallest absolute Gasteiger partial charge is 0.261 e. The summed E-state index contributed by atoms with van der Waals surface area (Å²) in [6.45, 7) is 6.42. The molecule has 8 heteroatoms. The normalized spacial score (nSPS) is 18.3. The van der Waals surface area contributed by atoms with Crippen LogP contribution in [0.2, 0.25) is 0 Å². The third kappa shape index (κ3) is 5.96. The molecule has 2 N–H and O–H groups in total. The van der Waals surface area contributed by atoms with Crippen molar-refractivity contribution in [2.45, 2.75) is 37.4 Å². The standard InChI is InChI=1S/C27H33N3O4S/c1-19-16-30(17-20(2)28-19)26-15-24(10-13-27(26)34-4)29-35(31,32)25-11-8-22(9-12-25)23-7-5-6-21(14-23)18-33-3/h5-15,19-20,28-29H,16-18H2,1-4H3/t19-,20+. The van der Waals surface area contributed by atoms with Crippen LogP contribution in [0.4, 0.5) is 11.4 Å². The van der Waals surface area contributed by atoms with Gasteiger partial charge in [0.15, 0.2) is 0 Å². The van der Waals surface area contributed by atoms with Crippen LogP contribution >= 0.6 is 0 Å². The van der Waals surface area contributed by atoms with Crippen molar-refractivity contribution >= 4 is 21.4 Å². The molecule has 0 spiro atoms. The molecule has 1 aliphatic rings. The average molecular weight is 496 g/mol. The Morgan fingerprint density at radius 2 is 1.66 bits per heavy atom. The molecule has 3 aromatic carbocycles. The van der Waals surface area contributed by atoms with Gasteiger partial charge in [-0.2, -0.15) is 0 Å². The summed E-state index contributed by atoms with van der Waals surface area (Å²) >= 11 is 0. The summed E-state index contributed by atoms with van der Waals surface area (Å²) < 4.78 is 39.8. The van der Waals surface area contributed by atoms with Gasteiger partial charge < -0.3 is 19.7 Å². The van der Waals surface area contributed by atoms with Crippen LogP contribution in [-0.4, -0.2) is 47.8 Å². The van der Waals surface area contributed by atoms with E-state index in [2.05, 4.69) is 28.8 Å². The van der Waals surface area contributed by atoms with Gasteiger partial charge >= 0.3 is 0 Å². The van der Waals surface area contributed by atoms with Crippen molar-refractivity contribution in [3.05, 3.63) is 72.3 Å². The van der Waals surface area contributed by atoms with E-state index in [1.165, 1.54) is 0 Å². The molecular formula is C27H33N3O4S. The SMILES string of the molecule is COCc1cccc(-c2ccc(S(=O)(=O)Nc3ccc(OC)c(N4C[C@@H](C)N[C@@H](C)C4)c3)cc2)c1. The first-order chi connectivity index (χ1) is 16.8. The molecule has 186 valence electrons. The lowest BCUT2D eigenvalue weighted by Gasteiger charge is -2.38. The number of nitrogens with zero attached hydrogens (tertiary/aromatic N) is 1. The van der Waals surface area contributed by atoms with Crippen molar-refractivity contribution in [1.29, 1.82) is 0 Å². The lowest BCUT2D eigenvalue weighted by Crippen LogP contribution is -2.54. The van der Waals surface area contributed by atoms with E-state index in [9.17, 15) is 8.42 Å². The Balaban J connectivity index is 1.55. The molecule has 0 aliphatic carbocycles. The maximum absolute atomic E-state index is 13.2. The fourth-order valence-electron chi connectivity index (χ4n) is 4.57. The molecule has 0 aromatic heterocycles. The topological polar surface area (TPSA) is 79.9 Å². The lowest BCUT2D eigenvalue weighted by molar-refractivity contribution is 0.185. The Bertz CT molecular complexity index is 1250. The number of nitrogens with one attached hydrogen (secondary N) is 2. The van der Waals surface area contributed by atoms with E-state index in [0.717, 1.165) is 35.5 Å². The van der Waals surface area contributed by atoms with Gasteiger partial charge in [0.1, 0.15) is 5.75 Å². The van der Waals surface area contributed by atoms with Crippen molar-refractivity contribution in [2.24, 2.45) is 0 Å². The molecule has 7 nitrogen and oxygen atoms in total. The zero-order chi connectivity index (χ0) is 25.0. The number of benzene rings is 3. The van der Waals surface area contributed by atoms with Crippen molar-refractivity contribution in [3.63, 3.8) is 0 Å². The number of anilines is 2. The molecule has 0 unspecified atom stereocenters. The largest absolute Gasteiger partial charge is 0.495 e. The molecule has 1 saturated heterocycles. The highest BCUT2D eigenvalue weighted by molar-refractivity contribution is 7.92. The minimum Gasteiger partial charge on any atom is -0.495 e. The summed E-state index contributed by atoms with van der Waals surface area (Å²) in [5.74, 6) is 0.717. The van der Waals surface area contributed by atoms with Crippen molar-refractivity contribution < 1.29 is 17.9 Å². The molecule has 0 saturated carbocycles. The molecule has 1 aliphatic heterocycles. The predicted molar refractivity (Wildman–Crippen MR) is 141 cm³/mol. The van der Waals surface area contributed by atoms with Crippen LogP contribution in [0.25, 0.3) is 11.1 Å². The molecular weight excluding hydrogens is 462 g/mol. The molecule has 0 bridgehead atoms. The second-order valence-electron chi connectivity index (χ2n) is 9.02. The molecule has 0 amide bonds. The molecule has 2 atom stereocenters. The predicted octanol–water partition coefficient (Wildman–Crippen LogP) is 4.50. The summed E-state index contributed by atoms with van der Waals surface area (Å²) in [6, 6.07) is 20.9. The third-order valence-electron chi connectivity index (χ3n) is 6.07. The number of hydrogen-bond acceptors (Lipinski definition) is 6. The van der Waals surface area contributed by atoms with Gasteiger partial charge in [0.25, 0.3) is 10.0 Å². The molecule has 4 rings (SSSR count). The van der Waals surface area contributed by atoms with Gasteiger partial charge in [0.05, 0.1) is 30.0 Å². The number of rotatable bonds is 8. The fourth-order valence-corrected chi connectivity index (χ4v) is 5.62. The van der Waals surface area contributed by atoms with Crippen LogP contribution < -0.4 is 19.7 Å². The van der Waals surface area contributed by atoms with Crippen molar-refractivity contribution in [1.82, 2.24) is 5.32 Å². The molecule has 1 fully saturated rings. The highest BCUT2D eigenvalue weighted by Crippen LogP contribution is 2.33. The number of piperazine rings is 1. The van der Waals surface area contributed by atoms with Gasteiger partial charge in [-0.15, -0.1) is 0 Å². The monoisotopic (exact) mass is 495 g/mol. The van der Waals surface area contributed by atoms with E-state index in [1.54, 1.807) is 38.5 Å². The third-order valence-corrected chi connectivity index (χ3v) is 7.46. The van der Waals surface area contributed by atoms with Crippen molar-refractivity contribution in [3.8, 4) is 16.9 Å². The van der Waals surface area contributed by atoms with Crippen LogP contribution in [0.15, 0.2) is 71.6 Å². The van der Waals surface area contributed by atoms with Crippen LogP contribution in [0.5, 0.6) is 5.75 Å². The first kappa shape index (κ1) is 25.0. The zero-order valence-electron chi connectivity index (χ0n) is 20.6. The number of ether oxygens (including phenoxy) is 2. The highest BCUT2D eigenvalue weighted by Gasteiger charge is 2.24. The number of sulfonamides is 1. The van der Waals surface area contributed by atoms with Crippen LogP contribution in [0.1, 0.15) is 19.4 Å². The maximum Gasteiger partial charge on any atom is 0.261 e. The van der Waals surface area contributed by atoms with E-state index in [1.807, 2.05) is 42.5 Å². The highest BCUT2D eigenvalue weighted by atomic mass is 32.2.